The highest BCUT2D eigenvalue weighted by Gasteiger charge is 2.53. The summed E-state index contributed by atoms with van der Waals surface area (Å²) < 4.78 is 13.5. The minimum Gasteiger partial charge on any atom is -0.481 e. The molecule has 0 aromatic heterocycles. The van der Waals surface area contributed by atoms with Gasteiger partial charge in [0.2, 0.25) is 0 Å². The molecule has 0 atom stereocenters. The Balaban J connectivity index is 2.52. The molecule has 14 heavy (non-hydrogen) atoms. The van der Waals surface area contributed by atoms with Gasteiger partial charge in [0, 0.05) is 5.56 Å². The lowest BCUT2D eigenvalue weighted by molar-refractivity contribution is -0.140. The van der Waals surface area contributed by atoms with Crippen LogP contribution in [0, 0.1) is 5.82 Å². The molecular weight excluding hydrogens is 207 g/mol. The van der Waals surface area contributed by atoms with E-state index in [4.69, 9.17) is 16.7 Å². The van der Waals surface area contributed by atoms with Gasteiger partial charge in [0.25, 0.3) is 0 Å². The molecule has 0 saturated heterocycles. The van der Waals surface area contributed by atoms with Crippen molar-refractivity contribution in [1.29, 1.82) is 0 Å². The largest absolute Gasteiger partial charge is 0.481 e. The molecule has 1 fully saturated rings. The summed E-state index contributed by atoms with van der Waals surface area (Å²) in [5.41, 5.74) is -0.813. The molecule has 0 heterocycles. The number of carboxylic acid groups (broad SMARTS) is 1. The van der Waals surface area contributed by atoms with Crippen molar-refractivity contribution in [3.05, 3.63) is 34.6 Å². The zero-order valence-electron chi connectivity index (χ0n) is 7.26. The molecular formula is C10H8ClFO2. The number of rotatable bonds is 2. The summed E-state index contributed by atoms with van der Waals surface area (Å²) in [5, 5.41) is 8.94. The van der Waals surface area contributed by atoms with Crippen molar-refractivity contribution < 1.29 is 14.3 Å². The summed E-state index contributed by atoms with van der Waals surface area (Å²) in [6, 6.07) is 4.48. The van der Waals surface area contributed by atoms with Crippen LogP contribution in [0.5, 0.6) is 0 Å². The van der Waals surface area contributed by atoms with Gasteiger partial charge in [-0.25, -0.2) is 4.39 Å². The maximum Gasteiger partial charge on any atom is 0.314 e. The number of benzene rings is 1. The first-order valence-electron chi connectivity index (χ1n) is 4.26. The summed E-state index contributed by atoms with van der Waals surface area (Å²) in [6.07, 6.45) is 0.971. The van der Waals surface area contributed by atoms with E-state index >= 15 is 0 Å². The van der Waals surface area contributed by atoms with Crippen LogP contribution < -0.4 is 0 Å². The van der Waals surface area contributed by atoms with Crippen molar-refractivity contribution in [2.24, 2.45) is 0 Å². The van der Waals surface area contributed by atoms with E-state index in [0.717, 1.165) is 0 Å². The number of carbonyl (C=O) groups is 1. The highest BCUT2D eigenvalue weighted by atomic mass is 35.5. The second kappa shape index (κ2) is 2.95. The summed E-state index contributed by atoms with van der Waals surface area (Å²) in [5.74, 6) is -1.58. The van der Waals surface area contributed by atoms with Crippen LogP contribution in [0.1, 0.15) is 18.4 Å². The van der Waals surface area contributed by atoms with Crippen molar-refractivity contribution in [2.45, 2.75) is 18.3 Å². The SMILES string of the molecule is O=C(O)C1(c2cccc(Cl)c2F)CC1. The van der Waals surface area contributed by atoms with E-state index in [1.165, 1.54) is 12.1 Å². The molecule has 1 aromatic carbocycles. The van der Waals surface area contributed by atoms with E-state index < -0.39 is 17.2 Å². The van der Waals surface area contributed by atoms with E-state index in [1.54, 1.807) is 6.07 Å². The number of carboxylic acids is 1. The molecule has 0 amide bonds. The van der Waals surface area contributed by atoms with E-state index in [2.05, 4.69) is 0 Å². The smallest absolute Gasteiger partial charge is 0.314 e. The Hall–Kier alpha value is -1.09. The summed E-state index contributed by atoms with van der Waals surface area (Å²) >= 11 is 5.58. The third-order valence-corrected chi connectivity index (χ3v) is 2.92. The van der Waals surface area contributed by atoms with Crippen LogP contribution in [0.3, 0.4) is 0 Å². The Kier molecular flexibility index (Phi) is 2.00. The van der Waals surface area contributed by atoms with Crippen molar-refractivity contribution in [2.75, 3.05) is 0 Å². The summed E-state index contributed by atoms with van der Waals surface area (Å²) in [6.45, 7) is 0. The molecule has 0 spiro atoms. The number of halogens is 2. The average molecular weight is 215 g/mol. The maximum absolute atomic E-state index is 13.5. The van der Waals surface area contributed by atoms with Gasteiger partial charge in [0.15, 0.2) is 0 Å². The molecule has 0 unspecified atom stereocenters. The average Bonchev–Trinajstić information content (AvgIpc) is 2.90. The molecule has 1 aromatic rings. The summed E-state index contributed by atoms with van der Waals surface area (Å²) in [7, 11) is 0. The lowest BCUT2D eigenvalue weighted by Gasteiger charge is -2.11. The standard InChI is InChI=1S/C10H8ClFO2/c11-7-3-1-2-6(8(7)12)10(4-5-10)9(13)14/h1-3H,4-5H2,(H,13,14). The molecule has 0 aliphatic heterocycles. The van der Waals surface area contributed by atoms with Crippen LogP contribution in [0.25, 0.3) is 0 Å². The second-order valence-corrected chi connectivity index (χ2v) is 3.90. The van der Waals surface area contributed by atoms with E-state index in [1.807, 2.05) is 0 Å². The van der Waals surface area contributed by atoms with Gasteiger partial charge in [0.1, 0.15) is 5.82 Å². The fourth-order valence-electron chi connectivity index (χ4n) is 1.60. The van der Waals surface area contributed by atoms with Crippen LogP contribution in [0.2, 0.25) is 5.02 Å². The molecule has 0 bridgehead atoms. The Bertz CT molecular complexity index is 399. The second-order valence-electron chi connectivity index (χ2n) is 3.49. The lowest BCUT2D eigenvalue weighted by Crippen LogP contribution is -2.20. The maximum atomic E-state index is 13.5. The Morgan fingerprint density at radius 1 is 1.50 bits per heavy atom. The van der Waals surface area contributed by atoms with Gasteiger partial charge in [0.05, 0.1) is 10.4 Å². The molecule has 1 saturated carbocycles. The molecule has 1 N–H and O–H groups in total. The molecule has 1 aliphatic rings. The van der Waals surface area contributed by atoms with Gasteiger partial charge in [-0.1, -0.05) is 23.7 Å². The third kappa shape index (κ3) is 1.20. The minimum atomic E-state index is -1.02. The summed E-state index contributed by atoms with van der Waals surface area (Å²) in [4.78, 5) is 10.9. The van der Waals surface area contributed by atoms with E-state index in [-0.39, 0.29) is 10.6 Å². The number of hydrogen-bond donors (Lipinski definition) is 1. The first kappa shape index (κ1) is 9.46. The third-order valence-electron chi connectivity index (χ3n) is 2.63. The van der Waals surface area contributed by atoms with Crippen molar-refractivity contribution >= 4 is 17.6 Å². The van der Waals surface area contributed by atoms with Crippen LogP contribution in [0.15, 0.2) is 18.2 Å². The van der Waals surface area contributed by atoms with E-state index in [9.17, 15) is 9.18 Å². The monoisotopic (exact) mass is 214 g/mol. The highest BCUT2D eigenvalue weighted by molar-refractivity contribution is 6.30. The highest BCUT2D eigenvalue weighted by Crippen LogP contribution is 2.49. The number of hydrogen-bond acceptors (Lipinski definition) is 1. The quantitative estimate of drug-likeness (QED) is 0.822. The van der Waals surface area contributed by atoms with Crippen LogP contribution >= 0.6 is 11.6 Å². The molecule has 1 aliphatic carbocycles. The Morgan fingerprint density at radius 2 is 2.14 bits per heavy atom. The predicted octanol–water partition coefficient (Wildman–Crippen LogP) is 2.60. The predicted molar refractivity (Wildman–Crippen MR) is 50.0 cm³/mol. The Morgan fingerprint density at radius 3 is 2.64 bits per heavy atom. The zero-order chi connectivity index (χ0) is 10.3. The first-order valence-corrected chi connectivity index (χ1v) is 4.63. The molecule has 0 radical (unpaired) electrons. The van der Waals surface area contributed by atoms with Crippen LogP contribution in [-0.4, -0.2) is 11.1 Å². The van der Waals surface area contributed by atoms with Crippen LogP contribution in [0.4, 0.5) is 4.39 Å². The first-order chi connectivity index (χ1) is 6.58. The van der Waals surface area contributed by atoms with E-state index in [0.29, 0.717) is 12.8 Å². The molecule has 74 valence electrons. The van der Waals surface area contributed by atoms with Gasteiger partial charge < -0.3 is 5.11 Å². The minimum absolute atomic E-state index is 0.0185. The van der Waals surface area contributed by atoms with Crippen LogP contribution in [-0.2, 0) is 10.2 Å². The fraction of sp³-hybridized carbons (Fsp3) is 0.300. The van der Waals surface area contributed by atoms with Crippen molar-refractivity contribution in [3.8, 4) is 0 Å². The number of aliphatic carboxylic acids is 1. The van der Waals surface area contributed by atoms with Crippen molar-refractivity contribution in [1.82, 2.24) is 0 Å². The fourth-order valence-corrected chi connectivity index (χ4v) is 1.77. The van der Waals surface area contributed by atoms with Gasteiger partial charge in [-0.15, -0.1) is 0 Å². The van der Waals surface area contributed by atoms with Gasteiger partial charge >= 0.3 is 5.97 Å². The topological polar surface area (TPSA) is 37.3 Å². The Labute approximate surface area is 85.3 Å². The lowest BCUT2D eigenvalue weighted by atomic mass is 9.96. The van der Waals surface area contributed by atoms with Gasteiger partial charge in [-0.3, -0.25) is 4.79 Å². The normalized spacial score (nSPS) is 17.9. The molecule has 2 nitrogen and oxygen atoms in total. The van der Waals surface area contributed by atoms with Gasteiger partial charge in [-0.05, 0) is 18.9 Å². The molecule has 2 rings (SSSR count). The van der Waals surface area contributed by atoms with Gasteiger partial charge in [-0.2, -0.15) is 0 Å². The zero-order valence-corrected chi connectivity index (χ0v) is 8.01. The van der Waals surface area contributed by atoms with Crippen molar-refractivity contribution in [3.63, 3.8) is 0 Å². The molecule has 4 heteroatoms.